The molecule has 5 rings (SSSR count). The average Bonchev–Trinajstić information content (AvgIpc) is 3.68. The van der Waals surface area contributed by atoms with E-state index in [2.05, 4.69) is 10.6 Å². The van der Waals surface area contributed by atoms with Crippen molar-refractivity contribution < 1.29 is 28.8 Å². The SMILES string of the molecule is CC(=O)c1ccccc1CC(=O)C1CCC(C(=O)Nc2ccccc2C(C)=O)S1.Cc1ccc(C(=O)/C=C2\NC(=O)CS2)cc1. The predicted octanol–water partition coefficient (Wildman–Crippen LogP) is 5.99. The number of rotatable bonds is 9. The highest BCUT2D eigenvalue weighted by atomic mass is 32.2. The smallest absolute Gasteiger partial charge is 0.237 e. The monoisotopic (exact) mass is 642 g/mol. The molecular formula is C35H34N2O6S2. The van der Waals surface area contributed by atoms with E-state index in [1.165, 1.54) is 43.4 Å². The molecule has 2 aliphatic heterocycles. The second kappa shape index (κ2) is 15.6. The number of nitrogens with one attached hydrogen (secondary N) is 2. The summed E-state index contributed by atoms with van der Waals surface area (Å²) in [7, 11) is 0. The van der Waals surface area contributed by atoms with Crippen LogP contribution in [-0.2, 0) is 20.8 Å². The number of amides is 2. The van der Waals surface area contributed by atoms with Crippen LogP contribution in [0.3, 0.4) is 0 Å². The van der Waals surface area contributed by atoms with E-state index in [9.17, 15) is 28.8 Å². The lowest BCUT2D eigenvalue weighted by atomic mass is 9.97. The first-order chi connectivity index (χ1) is 21.5. The van der Waals surface area contributed by atoms with Crippen molar-refractivity contribution in [3.8, 4) is 0 Å². The molecule has 2 atom stereocenters. The summed E-state index contributed by atoms with van der Waals surface area (Å²) < 4.78 is 0. The molecule has 2 N–H and O–H groups in total. The summed E-state index contributed by atoms with van der Waals surface area (Å²) in [5.74, 6) is -0.0672. The normalized spacial score (nSPS) is 18.0. The minimum atomic E-state index is -0.341. The van der Waals surface area contributed by atoms with E-state index < -0.39 is 0 Å². The third-order valence-electron chi connectivity index (χ3n) is 7.22. The number of ketones is 4. The third-order valence-corrected chi connectivity index (χ3v) is 9.76. The van der Waals surface area contributed by atoms with Crippen LogP contribution in [0.2, 0.25) is 0 Å². The zero-order chi connectivity index (χ0) is 32.5. The van der Waals surface area contributed by atoms with E-state index >= 15 is 0 Å². The van der Waals surface area contributed by atoms with Crippen LogP contribution in [0, 0.1) is 6.92 Å². The van der Waals surface area contributed by atoms with Gasteiger partial charge < -0.3 is 10.6 Å². The van der Waals surface area contributed by atoms with Crippen molar-refractivity contribution in [2.45, 2.75) is 50.5 Å². The fourth-order valence-electron chi connectivity index (χ4n) is 4.85. The molecule has 0 radical (unpaired) electrons. The van der Waals surface area contributed by atoms with Gasteiger partial charge in [0.05, 0.1) is 27.0 Å². The first kappa shape index (κ1) is 33.6. The Balaban J connectivity index is 0.000000242. The van der Waals surface area contributed by atoms with Crippen molar-refractivity contribution in [1.29, 1.82) is 0 Å². The summed E-state index contributed by atoms with van der Waals surface area (Å²) in [5.41, 5.74) is 4.02. The average molecular weight is 643 g/mol. The molecule has 0 saturated carbocycles. The van der Waals surface area contributed by atoms with Crippen LogP contribution in [0.5, 0.6) is 0 Å². The highest BCUT2D eigenvalue weighted by Gasteiger charge is 2.35. The molecule has 2 fully saturated rings. The number of aryl methyl sites for hydroxylation is 1. The quantitative estimate of drug-likeness (QED) is 0.215. The van der Waals surface area contributed by atoms with Gasteiger partial charge in [-0.25, -0.2) is 0 Å². The molecule has 0 aromatic heterocycles. The van der Waals surface area contributed by atoms with Crippen molar-refractivity contribution in [1.82, 2.24) is 5.32 Å². The van der Waals surface area contributed by atoms with Crippen LogP contribution in [0.25, 0.3) is 0 Å². The Morgan fingerprint density at radius 2 is 1.47 bits per heavy atom. The van der Waals surface area contributed by atoms with Crippen LogP contribution < -0.4 is 10.6 Å². The van der Waals surface area contributed by atoms with Crippen LogP contribution in [-0.4, -0.2) is 51.2 Å². The number of Topliss-reactive ketones (excluding diaryl/α,β-unsaturated/α-hetero) is 3. The molecule has 2 heterocycles. The van der Waals surface area contributed by atoms with E-state index in [1.54, 1.807) is 54.6 Å². The Kier molecular flexibility index (Phi) is 11.7. The van der Waals surface area contributed by atoms with Gasteiger partial charge >= 0.3 is 0 Å². The molecule has 45 heavy (non-hydrogen) atoms. The number of allylic oxidation sites excluding steroid dienone is 1. The number of hydrogen-bond acceptors (Lipinski definition) is 8. The molecule has 8 nitrogen and oxygen atoms in total. The zero-order valence-corrected chi connectivity index (χ0v) is 26.9. The summed E-state index contributed by atoms with van der Waals surface area (Å²) in [4.78, 5) is 71.6. The number of anilines is 1. The highest BCUT2D eigenvalue weighted by Crippen LogP contribution is 2.36. The number of carbonyl (C=O) groups is 6. The number of thioether (sulfide) groups is 2. The van der Waals surface area contributed by atoms with E-state index in [0.29, 0.717) is 46.0 Å². The predicted molar refractivity (Wildman–Crippen MR) is 179 cm³/mol. The number of para-hydroxylation sites is 1. The number of benzene rings is 3. The Hall–Kier alpha value is -4.28. The van der Waals surface area contributed by atoms with Gasteiger partial charge in [-0.05, 0) is 51.3 Å². The maximum atomic E-state index is 12.8. The van der Waals surface area contributed by atoms with E-state index in [-0.39, 0.29) is 51.9 Å². The summed E-state index contributed by atoms with van der Waals surface area (Å²) >= 11 is 2.72. The zero-order valence-electron chi connectivity index (χ0n) is 25.3. The summed E-state index contributed by atoms with van der Waals surface area (Å²) in [6, 6.07) is 21.4. The summed E-state index contributed by atoms with van der Waals surface area (Å²) in [6.07, 6.45) is 2.89. The lowest BCUT2D eigenvalue weighted by Gasteiger charge is -2.14. The fourth-order valence-corrected chi connectivity index (χ4v) is 6.94. The van der Waals surface area contributed by atoms with Gasteiger partial charge in [0.15, 0.2) is 17.3 Å². The molecule has 3 aromatic carbocycles. The van der Waals surface area contributed by atoms with E-state index in [1.807, 2.05) is 25.1 Å². The van der Waals surface area contributed by atoms with Crippen molar-refractivity contribution in [3.05, 3.63) is 112 Å². The van der Waals surface area contributed by atoms with Gasteiger partial charge in [-0.15, -0.1) is 11.8 Å². The van der Waals surface area contributed by atoms with E-state index in [4.69, 9.17) is 0 Å². The second-order valence-electron chi connectivity index (χ2n) is 10.7. The Morgan fingerprint density at radius 1 is 0.844 bits per heavy atom. The van der Waals surface area contributed by atoms with Crippen LogP contribution in [0.1, 0.15) is 68.9 Å². The summed E-state index contributed by atoms with van der Waals surface area (Å²) in [6.45, 7) is 4.93. The number of hydrogen-bond donors (Lipinski definition) is 2. The maximum Gasteiger partial charge on any atom is 0.237 e. The topological polar surface area (TPSA) is 126 Å². The Bertz CT molecular complexity index is 1590. The lowest BCUT2D eigenvalue weighted by molar-refractivity contribution is -0.118. The minimum absolute atomic E-state index is 0.0307. The Labute approximate surface area is 270 Å². The third kappa shape index (κ3) is 9.36. The molecule has 0 bridgehead atoms. The molecule has 0 aliphatic carbocycles. The van der Waals surface area contributed by atoms with Gasteiger partial charge in [0.1, 0.15) is 5.78 Å². The first-order valence-electron chi connectivity index (χ1n) is 14.4. The van der Waals surface area contributed by atoms with Crippen LogP contribution in [0.15, 0.2) is 83.9 Å². The molecule has 0 spiro atoms. The van der Waals surface area contributed by atoms with Gasteiger partial charge in [0.2, 0.25) is 11.8 Å². The van der Waals surface area contributed by atoms with E-state index in [0.717, 1.165) is 11.1 Å². The van der Waals surface area contributed by atoms with Crippen LogP contribution >= 0.6 is 23.5 Å². The van der Waals surface area contributed by atoms with Gasteiger partial charge in [-0.2, -0.15) is 0 Å². The van der Waals surface area contributed by atoms with Gasteiger partial charge in [-0.3, -0.25) is 28.8 Å². The number of carbonyl (C=O) groups excluding carboxylic acids is 6. The first-order valence-corrected chi connectivity index (χ1v) is 16.4. The molecule has 2 saturated heterocycles. The van der Waals surface area contributed by atoms with Gasteiger partial charge in [-0.1, -0.05) is 78.0 Å². The fraction of sp³-hybridized carbons (Fsp3) is 0.257. The maximum absolute atomic E-state index is 12.8. The van der Waals surface area contributed by atoms with Crippen molar-refractivity contribution in [2.24, 2.45) is 0 Å². The molecule has 232 valence electrons. The minimum Gasteiger partial charge on any atom is -0.324 e. The van der Waals surface area contributed by atoms with Crippen molar-refractivity contribution in [3.63, 3.8) is 0 Å². The molecular weight excluding hydrogens is 609 g/mol. The Morgan fingerprint density at radius 3 is 2.11 bits per heavy atom. The highest BCUT2D eigenvalue weighted by molar-refractivity contribution is 8.04. The molecule has 3 aromatic rings. The van der Waals surface area contributed by atoms with Crippen molar-refractivity contribution >= 4 is 64.2 Å². The molecule has 2 aliphatic rings. The second-order valence-corrected chi connectivity index (χ2v) is 13.1. The van der Waals surface area contributed by atoms with Gasteiger partial charge in [0.25, 0.3) is 0 Å². The molecule has 10 heteroatoms. The van der Waals surface area contributed by atoms with Crippen molar-refractivity contribution in [2.75, 3.05) is 11.1 Å². The largest absolute Gasteiger partial charge is 0.324 e. The molecule has 2 amide bonds. The van der Waals surface area contributed by atoms with Crippen LogP contribution in [0.4, 0.5) is 5.69 Å². The summed E-state index contributed by atoms with van der Waals surface area (Å²) in [5, 5.41) is 5.49. The standard InChI is InChI=1S/C23H23NO4S.C12H11NO2S/c1-14(25)17-8-4-3-7-16(17)13-20(27)21-11-12-22(29-21)23(28)24-19-10-6-5-9-18(19)15(2)26;1-8-2-4-9(5-3-8)10(14)6-12-13-11(15)7-16-12/h3-10,21-22H,11-13H2,1-2H3,(H,24,28);2-6H,7H2,1H3,(H,13,15)/b;12-6+. The molecule has 2 unspecified atom stereocenters. The lowest BCUT2D eigenvalue weighted by Crippen LogP contribution is -2.25. The van der Waals surface area contributed by atoms with Gasteiger partial charge in [0, 0.05) is 29.2 Å².